The minimum Gasteiger partial charge on any atom is -0.389 e. The summed E-state index contributed by atoms with van der Waals surface area (Å²) in [5.41, 5.74) is 3.06. The van der Waals surface area contributed by atoms with Crippen molar-refractivity contribution in [1.29, 1.82) is 5.26 Å². The minimum atomic E-state index is -0.459. The Morgan fingerprint density at radius 1 is 0.926 bits per heavy atom. The molecule has 0 radical (unpaired) electrons. The van der Waals surface area contributed by atoms with E-state index in [1.165, 1.54) is 5.56 Å². The van der Waals surface area contributed by atoms with Crippen LogP contribution < -0.4 is 0 Å². The zero-order chi connectivity index (χ0) is 18.9. The summed E-state index contributed by atoms with van der Waals surface area (Å²) in [5.74, 6) is 0. The molecule has 1 N–H and O–H groups in total. The van der Waals surface area contributed by atoms with Crippen LogP contribution in [-0.2, 0) is 17.9 Å². The third-order valence-corrected chi connectivity index (χ3v) is 4.84. The summed E-state index contributed by atoms with van der Waals surface area (Å²) >= 11 is 0. The Morgan fingerprint density at radius 2 is 1.59 bits per heavy atom. The normalized spacial score (nSPS) is 16.7. The van der Waals surface area contributed by atoms with Gasteiger partial charge in [-0.05, 0) is 23.3 Å². The molecular formula is C22H27N3O2. The van der Waals surface area contributed by atoms with Crippen LogP contribution in [0.1, 0.15) is 16.7 Å². The number of ether oxygens (including phenoxy) is 1. The van der Waals surface area contributed by atoms with Gasteiger partial charge in [-0.3, -0.25) is 9.80 Å². The molecule has 5 nitrogen and oxygen atoms in total. The number of β-amino-alcohol motifs (C(OH)–C–C–N with tert-alkyl or cyclic N) is 1. The number of piperazine rings is 1. The van der Waals surface area contributed by atoms with Crippen molar-refractivity contribution in [3.05, 3.63) is 71.3 Å². The maximum Gasteiger partial charge on any atom is 0.0991 e. The SMILES string of the molecule is N#Cc1ccc(CN2CCN(CC(O)COCc3ccccc3)CC2)cc1. The summed E-state index contributed by atoms with van der Waals surface area (Å²) in [6.45, 7) is 6.33. The van der Waals surface area contributed by atoms with Crippen molar-refractivity contribution >= 4 is 0 Å². The number of aliphatic hydroxyl groups excluding tert-OH is 1. The molecule has 27 heavy (non-hydrogen) atoms. The van der Waals surface area contributed by atoms with Gasteiger partial charge in [-0.25, -0.2) is 0 Å². The third kappa shape index (κ3) is 6.46. The number of hydrogen-bond acceptors (Lipinski definition) is 5. The molecule has 0 saturated carbocycles. The van der Waals surface area contributed by atoms with Crippen LogP contribution in [0, 0.1) is 11.3 Å². The lowest BCUT2D eigenvalue weighted by Crippen LogP contribution is -2.48. The van der Waals surface area contributed by atoms with Crippen molar-refractivity contribution < 1.29 is 9.84 Å². The number of rotatable bonds is 8. The van der Waals surface area contributed by atoms with Gasteiger partial charge in [0, 0.05) is 39.3 Å². The van der Waals surface area contributed by atoms with Crippen LogP contribution in [0.2, 0.25) is 0 Å². The first-order valence-corrected chi connectivity index (χ1v) is 9.46. The van der Waals surface area contributed by atoms with Crippen molar-refractivity contribution in [2.75, 3.05) is 39.3 Å². The second-order valence-corrected chi connectivity index (χ2v) is 7.04. The van der Waals surface area contributed by atoms with Gasteiger partial charge >= 0.3 is 0 Å². The van der Waals surface area contributed by atoms with Crippen molar-refractivity contribution in [2.24, 2.45) is 0 Å². The Hall–Kier alpha value is -2.23. The smallest absolute Gasteiger partial charge is 0.0991 e. The molecule has 1 aliphatic heterocycles. The van der Waals surface area contributed by atoms with Gasteiger partial charge in [-0.1, -0.05) is 42.5 Å². The molecule has 2 aromatic rings. The summed E-state index contributed by atoms with van der Waals surface area (Å²) < 4.78 is 5.63. The molecule has 0 aliphatic carbocycles. The van der Waals surface area contributed by atoms with E-state index in [1.54, 1.807) is 0 Å². The van der Waals surface area contributed by atoms with Gasteiger partial charge < -0.3 is 9.84 Å². The van der Waals surface area contributed by atoms with Gasteiger partial charge in [0.15, 0.2) is 0 Å². The second-order valence-electron chi connectivity index (χ2n) is 7.04. The van der Waals surface area contributed by atoms with Gasteiger partial charge in [0.25, 0.3) is 0 Å². The van der Waals surface area contributed by atoms with E-state index in [4.69, 9.17) is 10.00 Å². The molecule has 1 heterocycles. The van der Waals surface area contributed by atoms with Crippen molar-refractivity contribution in [2.45, 2.75) is 19.3 Å². The molecule has 1 aliphatic rings. The molecule has 5 heteroatoms. The zero-order valence-corrected chi connectivity index (χ0v) is 15.6. The highest BCUT2D eigenvalue weighted by atomic mass is 16.5. The highest BCUT2D eigenvalue weighted by Gasteiger charge is 2.19. The predicted octanol–water partition coefficient (Wildman–Crippen LogP) is 2.25. The lowest BCUT2D eigenvalue weighted by atomic mass is 10.1. The Bertz CT molecular complexity index is 719. The molecule has 2 aromatic carbocycles. The van der Waals surface area contributed by atoms with E-state index in [0.717, 1.165) is 38.3 Å². The summed E-state index contributed by atoms with van der Waals surface area (Å²) in [5, 5.41) is 19.1. The van der Waals surface area contributed by atoms with Gasteiger partial charge in [-0.15, -0.1) is 0 Å². The maximum absolute atomic E-state index is 10.2. The van der Waals surface area contributed by atoms with E-state index < -0.39 is 6.10 Å². The van der Waals surface area contributed by atoms with Gasteiger partial charge in [0.1, 0.15) is 0 Å². The van der Waals surface area contributed by atoms with Crippen LogP contribution >= 0.6 is 0 Å². The van der Waals surface area contributed by atoms with Crippen molar-refractivity contribution in [1.82, 2.24) is 9.80 Å². The number of benzene rings is 2. The van der Waals surface area contributed by atoms with E-state index in [0.29, 0.717) is 25.3 Å². The standard InChI is InChI=1S/C22H27N3O2/c23-14-19-6-8-20(9-7-19)15-24-10-12-25(13-11-24)16-22(26)18-27-17-21-4-2-1-3-5-21/h1-9,22,26H,10-13,15-18H2. The van der Waals surface area contributed by atoms with Gasteiger partial charge in [-0.2, -0.15) is 5.26 Å². The monoisotopic (exact) mass is 365 g/mol. The van der Waals surface area contributed by atoms with E-state index in [-0.39, 0.29) is 0 Å². The average Bonchev–Trinajstić information content (AvgIpc) is 2.71. The number of nitrogens with zero attached hydrogens (tertiary/aromatic N) is 3. The number of hydrogen-bond donors (Lipinski definition) is 1. The second kappa shape index (κ2) is 10.2. The summed E-state index contributed by atoms with van der Waals surface area (Å²) in [6.07, 6.45) is -0.459. The number of aliphatic hydroxyl groups is 1. The van der Waals surface area contributed by atoms with E-state index in [9.17, 15) is 5.11 Å². The fourth-order valence-electron chi connectivity index (χ4n) is 3.31. The predicted molar refractivity (Wildman–Crippen MR) is 105 cm³/mol. The zero-order valence-electron chi connectivity index (χ0n) is 15.6. The highest BCUT2D eigenvalue weighted by Crippen LogP contribution is 2.10. The average molecular weight is 365 g/mol. The lowest BCUT2D eigenvalue weighted by Gasteiger charge is -2.35. The Kier molecular flexibility index (Phi) is 7.37. The summed E-state index contributed by atoms with van der Waals surface area (Å²) in [6, 6.07) is 20.0. The molecule has 0 amide bonds. The third-order valence-electron chi connectivity index (χ3n) is 4.84. The van der Waals surface area contributed by atoms with Gasteiger partial charge in [0.05, 0.1) is 31.0 Å². The summed E-state index contributed by atoms with van der Waals surface area (Å²) in [7, 11) is 0. The first kappa shape index (κ1) is 19.5. The van der Waals surface area contributed by atoms with E-state index in [1.807, 2.05) is 54.6 Å². The quantitative estimate of drug-likeness (QED) is 0.778. The fraction of sp³-hybridized carbons (Fsp3) is 0.409. The van der Waals surface area contributed by atoms with Crippen LogP contribution in [0.15, 0.2) is 54.6 Å². The molecule has 1 unspecified atom stereocenters. The molecule has 0 spiro atoms. The van der Waals surface area contributed by atoms with Crippen molar-refractivity contribution in [3.63, 3.8) is 0 Å². The molecule has 3 rings (SSSR count). The van der Waals surface area contributed by atoms with Gasteiger partial charge in [0.2, 0.25) is 0 Å². The molecule has 1 fully saturated rings. The first-order chi connectivity index (χ1) is 13.2. The minimum absolute atomic E-state index is 0.361. The van der Waals surface area contributed by atoms with E-state index in [2.05, 4.69) is 15.9 Å². The molecule has 142 valence electrons. The molecule has 0 bridgehead atoms. The van der Waals surface area contributed by atoms with Crippen LogP contribution in [0.25, 0.3) is 0 Å². The Labute approximate surface area is 161 Å². The first-order valence-electron chi connectivity index (χ1n) is 9.46. The van der Waals surface area contributed by atoms with Crippen LogP contribution in [0.4, 0.5) is 0 Å². The summed E-state index contributed by atoms with van der Waals surface area (Å²) in [4.78, 5) is 4.71. The van der Waals surface area contributed by atoms with Crippen molar-refractivity contribution in [3.8, 4) is 6.07 Å². The molecular weight excluding hydrogens is 338 g/mol. The number of nitriles is 1. The van der Waals surface area contributed by atoms with Crippen LogP contribution in [0.5, 0.6) is 0 Å². The molecule has 1 atom stereocenters. The van der Waals surface area contributed by atoms with Crippen LogP contribution in [0.3, 0.4) is 0 Å². The highest BCUT2D eigenvalue weighted by molar-refractivity contribution is 5.31. The Morgan fingerprint density at radius 3 is 2.26 bits per heavy atom. The molecule has 0 aromatic heterocycles. The Balaban J connectivity index is 1.33. The molecule has 1 saturated heterocycles. The largest absolute Gasteiger partial charge is 0.389 e. The maximum atomic E-state index is 10.2. The lowest BCUT2D eigenvalue weighted by molar-refractivity contribution is 0.000878. The van der Waals surface area contributed by atoms with Crippen LogP contribution in [-0.4, -0.2) is 60.3 Å². The fourth-order valence-corrected chi connectivity index (χ4v) is 3.31. The van der Waals surface area contributed by atoms with E-state index >= 15 is 0 Å². The topological polar surface area (TPSA) is 59.7 Å².